The Morgan fingerprint density at radius 3 is 2.82 bits per heavy atom. The van der Waals surface area contributed by atoms with E-state index < -0.39 is 6.09 Å². The molecule has 1 heterocycles. The summed E-state index contributed by atoms with van der Waals surface area (Å²) in [7, 11) is 0. The van der Waals surface area contributed by atoms with E-state index in [1.165, 1.54) is 4.90 Å². The standard InChI is InChI=1S/C13H19NO3/c1-4-6-7-8-10(3)11-9-17-13(16)14(11)12(15)5-2/h6-8,11H,4-5,9H2,1-3H3/b7-6-,10-8+/t11-/m1/s1. The third-order valence-electron chi connectivity index (χ3n) is 2.70. The van der Waals surface area contributed by atoms with Gasteiger partial charge in [0.05, 0.1) is 6.04 Å². The number of allylic oxidation sites excluding steroid dienone is 3. The fraction of sp³-hybridized carbons (Fsp3) is 0.538. The first-order valence-corrected chi connectivity index (χ1v) is 5.93. The number of carbonyl (C=O) groups excluding carboxylic acids is 2. The van der Waals surface area contributed by atoms with Gasteiger partial charge in [0.15, 0.2) is 0 Å². The Balaban J connectivity index is 2.82. The highest BCUT2D eigenvalue weighted by Crippen LogP contribution is 2.20. The topological polar surface area (TPSA) is 46.6 Å². The first-order valence-electron chi connectivity index (χ1n) is 5.93. The molecule has 1 aliphatic rings. The molecule has 0 spiro atoms. The van der Waals surface area contributed by atoms with Gasteiger partial charge in [-0.3, -0.25) is 4.79 Å². The first-order chi connectivity index (χ1) is 8.11. The highest BCUT2D eigenvalue weighted by molar-refractivity contribution is 5.93. The molecular weight excluding hydrogens is 218 g/mol. The molecule has 4 heteroatoms. The van der Waals surface area contributed by atoms with Crippen molar-refractivity contribution in [1.29, 1.82) is 0 Å². The number of nitrogens with zero attached hydrogens (tertiary/aromatic N) is 1. The van der Waals surface area contributed by atoms with Crippen LogP contribution in [0.5, 0.6) is 0 Å². The van der Waals surface area contributed by atoms with E-state index in [0.29, 0.717) is 6.42 Å². The first kappa shape index (κ1) is 13.5. The van der Waals surface area contributed by atoms with Crippen molar-refractivity contribution in [2.75, 3.05) is 6.61 Å². The number of cyclic esters (lactones) is 1. The molecule has 17 heavy (non-hydrogen) atoms. The summed E-state index contributed by atoms with van der Waals surface area (Å²) < 4.78 is 4.93. The molecule has 0 N–H and O–H groups in total. The molecule has 0 aliphatic carbocycles. The molecule has 94 valence electrons. The molecule has 1 aliphatic heterocycles. The molecule has 0 saturated carbocycles. The van der Waals surface area contributed by atoms with Crippen LogP contribution in [0.1, 0.15) is 33.6 Å². The summed E-state index contributed by atoms with van der Waals surface area (Å²) in [6, 6.07) is -0.253. The minimum atomic E-state index is -0.533. The molecule has 2 amide bonds. The minimum absolute atomic E-state index is 0.190. The third kappa shape index (κ3) is 3.19. The summed E-state index contributed by atoms with van der Waals surface area (Å²) in [5.74, 6) is -0.190. The molecule has 1 saturated heterocycles. The van der Waals surface area contributed by atoms with Crippen molar-refractivity contribution in [3.05, 3.63) is 23.8 Å². The zero-order valence-corrected chi connectivity index (χ0v) is 10.6. The van der Waals surface area contributed by atoms with Gasteiger partial charge < -0.3 is 4.74 Å². The Bertz CT molecular complexity index is 358. The van der Waals surface area contributed by atoms with Crippen LogP contribution in [0.2, 0.25) is 0 Å². The average Bonchev–Trinajstić information content (AvgIpc) is 2.70. The monoisotopic (exact) mass is 237 g/mol. The van der Waals surface area contributed by atoms with Crippen LogP contribution in [0.15, 0.2) is 23.8 Å². The van der Waals surface area contributed by atoms with Crippen molar-refractivity contribution in [2.24, 2.45) is 0 Å². The lowest BCUT2D eigenvalue weighted by Gasteiger charge is -2.19. The maximum Gasteiger partial charge on any atom is 0.417 e. The zero-order valence-electron chi connectivity index (χ0n) is 10.6. The molecular formula is C13H19NO3. The summed E-state index contributed by atoms with van der Waals surface area (Å²) >= 11 is 0. The Morgan fingerprint density at radius 1 is 1.53 bits per heavy atom. The van der Waals surface area contributed by atoms with Crippen molar-refractivity contribution in [3.63, 3.8) is 0 Å². The van der Waals surface area contributed by atoms with Crippen molar-refractivity contribution < 1.29 is 14.3 Å². The van der Waals surface area contributed by atoms with Crippen LogP contribution in [-0.2, 0) is 9.53 Å². The van der Waals surface area contributed by atoms with Crippen LogP contribution in [-0.4, -0.2) is 29.5 Å². The van der Waals surface area contributed by atoms with E-state index in [1.54, 1.807) is 6.92 Å². The second-order valence-corrected chi connectivity index (χ2v) is 3.96. The number of carbonyl (C=O) groups is 2. The van der Waals surface area contributed by atoms with Crippen LogP contribution < -0.4 is 0 Å². The molecule has 1 rings (SSSR count). The molecule has 0 aromatic carbocycles. The van der Waals surface area contributed by atoms with Crippen molar-refractivity contribution in [2.45, 2.75) is 39.7 Å². The molecule has 0 radical (unpaired) electrons. The second kappa shape index (κ2) is 6.23. The zero-order chi connectivity index (χ0) is 12.8. The Hall–Kier alpha value is -1.58. The van der Waals surface area contributed by atoms with E-state index in [9.17, 15) is 9.59 Å². The molecule has 4 nitrogen and oxygen atoms in total. The van der Waals surface area contributed by atoms with E-state index in [4.69, 9.17) is 4.74 Å². The number of amides is 2. The van der Waals surface area contributed by atoms with Crippen molar-refractivity contribution in [1.82, 2.24) is 4.90 Å². The smallest absolute Gasteiger partial charge is 0.417 e. The average molecular weight is 237 g/mol. The fourth-order valence-corrected chi connectivity index (χ4v) is 1.67. The van der Waals surface area contributed by atoms with Gasteiger partial charge in [0.2, 0.25) is 5.91 Å². The Kier molecular flexibility index (Phi) is 4.94. The predicted molar refractivity (Wildman–Crippen MR) is 65.5 cm³/mol. The molecule has 0 bridgehead atoms. The molecule has 0 aromatic rings. The number of hydrogen-bond donors (Lipinski definition) is 0. The van der Waals surface area contributed by atoms with Gasteiger partial charge >= 0.3 is 6.09 Å². The summed E-state index contributed by atoms with van der Waals surface area (Å²) in [5.41, 5.74) is 0.961. The number of rotatable bonds is 4. The maximum absolute atomic E-state index is 11.6. The van der Waals surface area contributed by atoms with Crippen LogP contribution >= 0.6 is 0 Å². The number of imide groups is 1. The summed E-state index contributed by atoms with van der Waals surface area (Å²) in [6.07, 6.45) is 6.62. The number of ether oxygens (including phenoxy) is 1. The quantitative estimate of drug-likeness (QED) is 0.706. The predicted octanol–water partition coefficient (Wildman–Crippen LogP) is 2.66. The normalized spacial score (nSPS) is 21.1. The minimum Gasteiger partial charge on any atom is -0.447 e. The molecule has 0 unspecified atom stereocenters. The Labute approximate surface area is 102 Å². The van der Waals surface area contributed by atoms with Gasteiger partial charge in [-0.15, -0.1) is 0 Å². The SMILES string of the molecule is CC/C=C\C=C(/C)[C@H]1COC(=O)N1C(=O)CC. The van der Waals surface area contributed by atoms with Gasteiger partial charge in [0, 0.05) is 6.42 Å². The summed E-state index contributed by atoms with van der Waals surface area (Å²) in [5, 5.41) is 0. The number of hydrogen-bond acceptors (Lipinski definition) is 3. The van der Waals surface area contributed by atoms with Gasteiger partial charge in [-0.2, -0.15) is 0 Å². The lowest BCUT2D eigenvalue weighted by molar-refractivity contribution is -0.128. The van der Waals surface area contributed by atoms with E-state index in [-0.39, 0.29) is 18.6 Å². The molecule has 1 atom stereocenters. The summed E-state index contributed by atoms with van der Waals surface area (Å²) in [6.45, 7) is 5.95. The van der Waals surface area contributed by atoms with Gasteiger partial charge in [-0.25, -0.2) is 9.69 Å². The van der Waals surface area contributed by atoms with E-state index in [0.717, 1.165) is 12.0 Å². The van der Waals surface area contributed by atoms with Gasteiger partial charge in [0.25, 0.3) is 0 Å². The third-order valence-corrected chi connectivity index (χ3v) is 2.70. The van der Waals surface area contributed by atoms with Crippen LogP contribution in [0, 0.1) is 0 Å². The van der Waals surface area contributed by atoms with E-state index in [1.807, 2.05) is 25.2 Å². The second-order valence-electron chi connectivity index (χ2n) is 3.96. The maximum atomic E-state index is 11.6. The van der Waals surface area contributed by atoms with Crippen molar-refractivity contribution >= 4 is 12.0 Å². The van der Waals surface area contributed by atoms with Crippen molar-refractivity contribution in [3.8, 4) is 0 Å². The van der Waals surface area contributed by atoms with Gasteiger partial charge in [-0.1, -0.05) is 32.1 Å². The van der Waals surface area contributed by atoms with E-state index in [2.05, 4.69) is 6.92 Å². The fourth-order valence-electron chi connectivity index (χ4n) is 1.67. The highest BCUT2D eigenvalue weighted by atomic mass is 16.6. The lowest BCUT2D eigenvalue weighted by Crippen LogP contribution is -2.39. The Morgan fingerprint density at radius 2 is 2.24 bits per heavy atom. The van der Waals surface area contributed by atoms with E-state index >= 15 is 0 Å². The molecule has 1 fully saturated rings. The molecule has 0 aromatic heterocycles. The van der Waals surface area contributed by atoms with Gasteiger partial charge in [0.1, 0.15) is 6.61 Å². The highest BCUT2D eigenvalue weighted by Gasteiger charge is 2.37. The van der Waals surface area contributed by atoms with Crippen LogP contribution in [0.25, 0.3) is 0 Å². The van der Waals surface area contributed by atoms with Crippen LogP contribution in [0.3, 0.4) is 0 Å². The summed E-state index contributed by atoms with van der Waals surface area (Å²) in [4.78, 5) is 24.3. The van der Waals surface area contributed by atoms with Crippen LogP contribution in [0.4, 0.5) is 4.79 Å². The largest absolute Gasteiger partial charge is 0.447 e. The van der Waals surface area contributed by atoms with Gasteiger partial charge in [-0.05, 0) is 18.9 Å². The lowest BCUT2D eigenvalue weighted by atomic mass is 10.1.